The monoisotopic (exact) mass is 287 g/mol. The maximum atomic E-state index is 13.6. The Balaban J connectivity index is 2.03. The summed E-state index contributed by atoms with van der Waals surface area (Å²) in [6.45, 7) is 1.96. The zero-order chi connectivity index (χ0) is 15.4. The van der Waals surface area contributed by atoms with Crippen LogP contribution in [0.4, 0.5) is 21.5 Å². The van der Waals surface area contributed by atoms with Gasteiger partial charge in [-0.25, -0.2) is 4.39 Å². The summed E-state index contributed by atoms with van der Waals surface area (Å²) in [5.41, 5.74) is 8.32. The summed E-state index contributed by atoms with van der Waals surface area (Å²) in [6, 6.07) is 11.7. The molecule has 0 saturated carbocycles. The SMILES string of the molecule is Cc1ccc(NC(=O)CN(C)c2ccccc2F)c(N)c1. The summed E-state index contributed by atoms with van der Waals surface area (Å²) in [7, 11) is 1.66. The van der Waals surface area contributed by atoms with Gasteiger partial charge in [0.05, 0.1) is 23.6 Å². The molecule has 2 rings (SSSR count). The number of para-hydroxylation sites is 1. The highest BCUT2D eigenvalue weighted by atomic mass is 19.1. The van der Waals surface area contributed by atoms with E-state index >= 15 is 0 Å². The second-order valence-corrected chi connectivity index (χ2v) is 4.95. The normalized spacial score (nSPS) is 10.2. The van der Waals surface area contributed by atoms with Crippen LogP contribution in [-0.2, 0) is 4.79 Å². The number of nitrogens with two attached hydrogens (primary N) is 1. The molecule has 0 saturated heterocycles. The topological polar surface area (TPSA) is 58.4 Å². The number of nitrogens with zero attached hydrogens (tertiary/aromatic N) is 1. The van der Waals surface area contributed by atoms with Crippen LogP contribution in [0.15, 0.2) is 42.5 Å². The van der Waals surface area contributed by atoms with Crippen molar-refractivity contribution in [2.24, 2.45) is 0 Å². The van der Waals surface area contributed by atoms with Crippen LogP contribution in [-0.4, -0.2) is 19.5 Å². The highest BCUT2D eigenvalue weighted by Gasteiger charge is 2.12. The summed E-state index contributed by atoms with van der Waals surface area (Å²) in [6.07, 6.45) is 0. The lowest BCUT2D eigenvalue weighted by Crippen LogP contribution is -2.30. The molecule has 0 spiro atoms. The van der Waals surface area contributed by atoms with Gasteiger partial charge in [0.15, 0.2) is 0 Å². The third-order valence-electron chi connectivity index (χ3n) is 3.13. The molecule has 2 aromatic rings. The fourth-order valence-corrected chi connectivity index (χ4v) is 2.05. The average molecular weight is 287 g/mol. The lowest BCUT2D eigenvalue weighted by molar-refractivity contribution is -0.114. The second-order valence-electron chi connectivity index (χ2n) is 4.95. The molecule has 0 unspecified atom stereocenters. The summed E-state index contributed by atoms with van der Waals surface area (Å²) in [5.74, 6) is -0.612. The first-order valence-electron chi connectivity index (χ1n) is 6.59. The van der Waals surface area contributed by atoms with Crippen molar-refractivity contribution < 1.29 is 9.18 Å². The van der Waals surface area contributed by atoms with Gasteiger partial charge in [0.2, 0.25) is 5.91 Å². The Morgan fingerprint density at radius 2 is 2.00 bits per heavy atom. The number of aryl methyl sites for hydroxylation is 1. The van der Waals surface area contributed by atoms with Crippen LogP contribution >= 0.6 is 0 Å². The summed E-state index contributed by atoms with van der Waals surface area (Å²) < 4.78 is 13.6. The molecule has 21 heavy (non-hydrogen) atoms. The van der Waals surface area contributed by atoms with Gasteiger partial charge >= 0.3 is 0 Å². The molecular weight excluding hydrogens is 269 g/mol. The Morgan fingerprint density at radius 3 is 2.67 bits per heavy atom. The van der Waals surface area contributed by atoms with E-state index < -0.39 is 0 Å². The third kappa shape index (κ3) is 3.72. The van der Waals surface area contributed by atoms with Crippen molar-refractivity contribution in [3.63, 3.8) is 0 Å². The highest BCUT2D eigenvalue weighted by molar-refractivity contribution is 5.96. The number of carbonyl (C=O) groups excluding carboxylic acids is 1. The van der Waals surface area contributed by atoms with E-state index in [1.165, 1.54) is 6.07 Å². The second kappa shape index (κ2) is 6.26. The largest absolute Gasteiger partial charge is 0.397 e. The third-order valence-corrected chi connectivity index (χ3v) is 3.13. The van der Waals surface area contributed by atoms with Gasteiger partial charge in [-0.3, -0.25) is 4.79 Å². The lowest BCUT2D eigenvalue weighted by Gasteiger charge is -2.19. The number of hydrogen-bond acceptors (Lipinski definition) is 3. The first-order valence-corrected chi connectivity index (χ1v) is 6.59. The summed E-state index contributed by atoms with van der Waals surface area (Å²) in [5, 5.41) is 2.73. The molecular formula is C16H18FN3O. The van der Waals surface area contributed by atoms with Crippen molar-refractivity contribution in [3.8, 4) is 0 Å². The van der Waals surface area contributed by atoms with E-state index in [0.29, 0.717) is 17.1 Å². The Labute approximate surface area is 123 Å². The first kappa shape index (κ1) is 14.8. The van der Waals surface area contributed by atoms with E-state index in [9.17, 15) is 9.18 Å². The molecule has 0 aliphatic carbocycles. The highest BCUT2D eigenvalue weighted by Crippen LogP contribution is 2.20. The molecule has 0 aromatic heterocycles. The molecule has 0 atom stereocenters. The molecule has 2 aromatic carbocycles. The maximum Gasteiger partial charge on any atom is 0.243 e. The van der Waals surface area contributed by atoms with Gasteiger partial charge in [0.1, 0.15) is 5.82 Å². The van der Waals surface area contributed by atoms with Crippen molar-refractivity contribution in [2.45, 2.75) is 6.92 Å². The molecule has 0 aliphatic heterocycles. The number of halogens is 1. The van der Waals surface area contributed by atoms with Crippen LogP contribution < -0.4 is 16.0 Å². The number of carbonyl (C=O) groups is 1. The molecule has 110 valence electrons. The quantitative estimate of drug-likeness (QED) is 0.850. The van der Waals surface area contributed by atoms with E-state index in [4.69, 9.17) is 5.73 Å². The number of nitrogen functional groups attached to an aromatic ring is 1. The van der Waals surface area contributed by atoms with Crippen LogP contribution in [0.2, 0.25) is 0 Å². The van der Waals surface area contributed by atoms with Crippen LogP contribution in [0.25, 0.3) is 0 Å². The van der Waals surface area contributed by atoms with E-state index in [0.717, 1.165) is 5.56 Å². The molecule has 0 aliphatic rings. The smallest absolute Gasteiger partial charge is 0.243 e. The number of likely N-dealkylation sites (N-methyl/N-ethyl adjacent to an activating group) is 1. The first-order chi connectivity index (χ1) is 9.97. The molecule has 0 radical (unpaired) electrons. The summed E-state index contributed by atoms with van der Waals surface area (Å²) in [4.78, 5) is 13.6. The number of anilines is 3. The number of rotatable bonds is 4. The van der Waals surface area contributed by atoms with Crippen molar-refractivity contribution in [2.75, 3.05) is 29.5 Å². The maximum absolute atomic E-state index is 13.6. The standard InChI is InChI=1S/C16H18FN3O/c1-11-7-8-14(13(18)9-11)19-16(21)10-20(2)15-6-4-3-5-12(15)17/h3-9H,10,18H2,1-2H3,(H,19,21). The Kier molecular flexibility index (Phi) is 4.42. The molecule has 5 heteroatoms. The minimum absolute atomic E-state index is 0.0360. The minimum Gasteiger partial charge on any atom is -0.397 e. The van der Waals surface area contributed by atoms with E-state index in [-0.39, 0.29) is 18.3 Å². The number of amides is 1. The number of nitrogens with one attached hydrogen (secondary N) is 1. The Hall–Kier alpha value is -2.56. The molecule has 1 amide bonds. The van der Waals surface area contributed by atoms with Crippen molar-refractivity contribution in [1.82, 2.24) is 0 Å². The van der Waals surface area contributed by atoms with E-state index in [1.807, 2.05) is 13.0 Å². The Morgan fingerprint density at radius 1 is 1.29 bits per heavy atom. The van der Waals surface area contributed by atoms with Crippen LogP contribution in [0.1, 0.15) is 5.56 Å². The van der Waals surface area contributed by atoms with Crippen LogP contribution in [0, 0.1) is 12.7 Å². The predicted molar refractivity (Wildman–Crippen MR) is 83.9 cm³/mol. The molecule has 0 heterocycles. The average Bonchev–Trinajstić information content (AvgIpc) is 2.42. The summed E-state index contributed by atoms with van der Waals surface area (Å²) >= 11 is 0. The predicted octanol–water partition coefficient (Wildman–Crippen LogP) is 2.79. The van der Waals surface area contributed by atoms with Crippen molar-refractivity contribution in [3.05, 3.63) is 53.8 Å². The van der Waals surface area contributed by atoms with Gasteiger partial charge in [-0.1, -0.05) is 18.2 Å². The molecule has 3 N–H and O–H groups in total. The van der Waals surface area contributed by atoms with Crippen LogP contribution in [0.5, 0.6) is 0 Å². The minimum atomic E-state index is -0.359. The zero-order valence-electron chi connectivity index (χ0n) is 12.1. The molecule has 0 fully saturated rings. The van der Waals surface area contributed by atoms with Gasteiger partial charge in [0.25, 0.3) is 0 Å². The number of benzene rings is 2. The fourth-order valence-electron chi connectivity index (χ4n) is 2.05. The van der Waals surface area contributed by atoms with Gasteiger partial charge in [-0.05, 0) is 36.8 Å². The van der Waals surface area contributed by atoms with Crippen molar-refractivity contribution >= 4 is 23.0 Å². The Bertz CT molecular complexity index is 658. The van der Waals surface area contributed by atoms with Gasteiger partial charge < -0.3 is 16.0 Å². The van der Waals surface area contributed by atoms with Gasteiger partial charge in [-0.2, -0.15) is 0 Å². The van der Waals surface area contributed by atoms with Crippen molar-refractivity contribution in [1.29, 1.82) is 0 Å². The fraction of sp³-hybridized carbons (Fsp3) is 0.188. The van der Waals surface area contributed by atoms with E-state index in [1.54, 1.807) is 42.3 Å². The van der Waals surface area contributed by atoms with Gasteiger partial charge in [-0.15, -0.1) is 0 Å². The number of hydrogen-bond donors (Lipinski definition) is 2. The van der Waals surface area contributed by atoms with Gasteiger partial charge in [0, 0.05) is 7.05 Å². The van der Waals surface area contributed by atoms with E-state index in [2.05, 4.69) is 5.32 Å². The molecule has 4 nitrogen and oxygen atoms in total. The zero-order valence-corrected chi connectivity index (χ0v) is 12.1. The molecule has 0 bridgehead atoms. The van der Waals surface area contributed by atoms with Crippen LogP contribution in [0.3, 0.4) is 0 Å². The lowest BCUT2D eigenvalue weighted by atomic mass is 10.2.